The van der Waals surface area contributed by atoms with E-state index >= 15 is 0 Å². The van der Waals surface area contributed by atoms with Crippen LogP contribution in [0.3, 0.4) is 0 Å². The van der Waals surface area contributed by atoms with Gasteiger partial charge < -0.3 is 8.83 Å². The summed E-state index contributed by atoms with van der Waals surface area (Å²) in [4.78, 5) is 0. The molecule has 0 amide bonds. The molecule has 10 aromatic carbocycles. The maximum Gasteiger partial charge on any atom is 0.143 e. The number of hydrogen-bond donors (Lipinski definition) is 0. The van der Waals surface area contributed by atoms with E-state index in [0.717, 1.165) is 122 Å². The highest BCUT2D eigenvalue weighted by Gasteiger charge is 2.21. The van der Waals surface area contributed by atoms with Crippen molar-refractivity contribution in [2.24, 2.45) is 0 Å². The van der Waals surface area contributed by atoms with Crippen LogP contribution < -0.4 is 0 Å². The first-order valence-electron chi connectivity index (χ1n) is 21.9. The third kappa shape index (κ3) is 6.45. The Morgan fingerprint density at radius 3 is 0.909 bits per heavy atom. The van der Waals surface area contributed by atoms with Crippen molar-refractivity contribution in [3.8, 4) is 90.0 Å². The lowest BCUT2D eigenvalue weighted by atomic mass is 9.88. The minimum atomic E-state index is 0.639. The quantitative estimate of drug-likeness (QED) is 0.160. The van der Waals surface area contributed by atoms with Crippen LogP contribution in [0.5, 0.6) is 0 Å². The summed E-state index contributed by atoms with van der Waals surface area (Å²) in [7, 11) is 0. The Kier molecular flexibility index (Phi) is 9.23. The maximum atomic E-state index is 10.6. The zero-order valence-electron chi connectivity index (χ0n) is 35.5. The molecule has 0 radical (unpaired) electrons. The van der Waals surface area contributed by atoms with Gasteiger partial charge in [0.1, 0.15) is 34.5 Å². The van der Waals surface area contributed by atoms with Gasteiger partial charge in [-0.3, -0.25) is 0 Å². The molecule has 0 spiro atoms. The van der Waals surface area contributed by atoms with Gasteiger partial charge in [-0.05, 0) is 93.0 Å². The highest BCUT2D eigenvalue weighted by molar-refractivity contribution is 6.13. The van der Waals surface area contributed by atoms with Crippen LogP contribution in [0.2, 0.25) is 0 Å². The molecule has 4 heteroatoms. The van der Waals surface area contributed by atoms with Gasteiger partial charge in [0.15, 0.2) is 0 Å². The summed E-state index contributed by atoms with van der Waals surface area (Å²) in [5, 5.41) is 25.2. The van der Waals surface area contributed by atoms with Crippen molar-refractivity contribution in [1.82, 2.24) is 0 Å². The molecule has 0 saturated heterocycles. The minimum absolute atomic E-state index is 0.639. The van der Waals surface area contributed by atoms with Crippen LogP contribution >= 0.6 is 0 Å². The number of fused-ring (bicyclic) bond motifs is 6. The Morgan fingerprint density at radius 1 is 0.258 bits per heavy atom. The average Bonchev–Trinajstić information content (AvgIpc) is 3.97. The van der Waals surface area contributed by atoms with E-state index in [-0.39, 0.29) is 0 Å². The van der Waals surface area contributed by atoms with Crippen molar-refractivity contribution < 1.29 is 8.83 Å². The number of hydrogen-bond acceptors (Lipinski definition) is 4. The fourth-order valence-corrected chi connectivity index (χ4v) is 9.63. The lowest BCUT2D eigenvalue weighted by Crippen LogP contribution is -1.93. The molecule has 306 valence electrons. The molecular formula is C62H36N2O2. The molecule has 66 heavy (non-hydrogen) atoms. The number of nitriles is 2. The van der Waals surface area contributed by atoms with E-state index in [1.54, 1.807) is 0 Å². The maximum absolute atomic E-state index is 10.6. The second-order valence-corrected chi connectivity index (χ2v) is 16.6. The topological polar surface area (TPSA) is 73.9 Å². The number of furan rings is 2. The molecule has 0 N–H and O–H groups in total. The second kappa shape index (κ2) is 15.8. The van der Waals surface area contributed by atoms with E-state index in [4.69, 9.17) is 8.83 Å². The van der Waals surface area contributed by atoms with E-state index in [1.165, 1.54) is 0 Å². The average molecular weight is 841 g/mol. The molecule has 4 nitrogen and oxygen atoms in total. The van der Waals surface area contributed by atoms with Crippen molar-refractivity contribution in [3.05, 3.63) is 230 Å². The van der Waals surface area contributed by atoms with Crippen LogP contribution in [0.15, 0.2) is 227 Å². The third-order valence-electron chi connectivity index (χ3n) is 12.8. The zero-order valence-corrected chi connectivity index (χ0v) is 35.5. The van der Waals surface area contributed by atoms with Gasteiger partial charge in [0, 0.05) is 54.9 Å². The van der Waals surface area contributed by atoms with E-state index in [0.29, 0.717) is 11.1 Å². The van der Waals surface area contributed by atoms with Crippen molar-refractivity contribution in [2.75, 3.05) is 0 Å². The van der Waals surface area contributed by atoms with E-state index in [1.807, 2.05) is 72.8 Å². The smallest absolute Gasteiger partial charge is 0.143 e. The summed E-state index contributed by atoms with van der Waals surface area (Å²) in [5.74, 6) is 0. The Balaban J connectivity index is 0.976. The number of rotatable bonds is 7. The monoisotopic (exact) mass is 840 g/mol. The summed E-state index contributed by atoms with van der Waals surface area (Å²) >= 11 is 0. The summed E-state index contributed by atoms with van der Waals surface area (Å²) in [5.41, 5.74) is 17.9. The van der Waals surface area contributed by atoms with Crippen LogP contribution in [0.1, 0.15) is 11.1 Å². The molecule has 0 aliphatic heterocycles. The zero-order chi connectivity index (χ0) is 44.1. The fraction of sp³-hybridized carbons (Fsp3) is 0. The molecule has 0 atom stereocenters. The Labute approximate surface area is 381 Å². The number of benzene rings is 10. The normalized spacial score (nSPS) is 11.3. The third-order valence-corrected chi connectivity index (χ3v) is 12.8. The molecule has 0 saturated carbocycles. The molecule has 0 unspecified atom stereocenters. The summed E-state index contributed by atoms with van der Waals surface area (Å²) < 4.78 is 13.5. The molecule has 0 fully saturated rings. The lowest BCUT2D eigenvalue weighted by molar-refractivity contribution is 0.669. The Morgan fingerprint density at radius 2 is 0.591 bits per heavy atom. The van der Waals surface area contributed by atoms with Crippen molar-refractivity contribution in [1.29, 1.82) is 10.5 Å². The molecule has 0 aliphatic rings. The van der Waals surface area contributed by atoms with Crippen molar-refractivity contribution in [2.45, 2.75) is 0 Å². The standard InChI is InChI=1S/C62H36N2O2/c63-37-57-51(39-15-5-1-6-16-39)33-45(34-52(57)40-17-7-2-8-18-40)47-23-13-25-49-55-31-43(27-29-59(55)65-61(47)49)44-28-30-60-56(32-44)50-26-14-24-48(62(50)66-60)46-35-53(41-19-9-3-10-20-41)58(38-64)54(36-46)42-21-11-4-12-22-42/h1-36H. The van der Waals surface area contributed by atoms with Gasteiger partial charge in [-0.25, -0.2) is 0 Å². The number of nitrogens with zero attached hydrogens (tertiary/aromatic N) is 2. The summed E-state index contributed by atoms with van der Waals surface area (Å²) in [6.45, 7) is 0. The summed E-state index contributed by atoms with van der Waals surface area (Å²) in [6.07, 6.45) is 0. The molecule has 12 aromatic rings. The van der Waals surface area contributed by atoms with Gasteiger partial charge in [-0.15, -0.1) is 0 Å². The second-order valence-electron chi connectivity index (χ2n) is 16.6. The van der Waals surface area contributed by atoms with Gasteiger partial charge in [-0.2, -0.15) is 10.5 Å². The van der Waals surface area contributed by atoms with Gasteiger partial charge in [0.2, 0.25) is 0 Å². The van der Waals surface area contributed by atoms with Crippen LogP contribution in [0.25, 0.3) is 122 Å². The highest BCUT2D eigenvalue weighted by atomic mass is 16.3. The first-order chi connectivity index (χ1) is 32.6. The van der Waals surface area contributed by atoms with E-state index in [2.05, 4.69) is 158 Å². The molecule has 0 aliphatic carbocycles. The van der Waals surface area contributed by atoms with Crippen LogP contribution in [-0.2, 0) is 0 Å². The van der Waals surface area contributed by atoms with E-state index in [9.17, 15) is 10.5 Å². The molecule has 2 aromatic heterocycles. The first-order valence-corrected chi connectivity index (χ1v) is 21.9. The van der Waals surface area contributed by atoms with E-state index < -0.39 is 0 Å². The molecule has 0 bridgehead atoms. The molecule has 2 heterocycles. The largest absolute Gasteiger partial charge is 0.455 e. The van der Waals surface area contributed by atoms with Gasteiger partial charge in [0.25, 0.3) is 0 Å². The SMILES string of the molecule is N#Cc1c(-c2ccccc2)cc(-c2cccc3c2oc2ccc(-c4ccc5oc6c(-c7cc(-c8ccccc8)c(C#N)c(-c8ccccc8)c7)cccc6c5c4)cc23)cc1-c1ccccc1. The van der Waals surface area contributed by atoms with Gasteiger partial charge in [-0.1, -0.05) is 170 Å². The highest BCUT2D eigenvalue weighted by Crippen LogP contribution is 2.44. The summed E-state index contributed by atoms with van der Waals surface area (Å²) in [6, 6.07) is 79.4. The Bertz CT molecular complexity index is 3550. The Hall–Kier alpha value is -9.22. The van der Waals surface area contributed by atoms with Crippen LogP contribution in [-0.4, -0.2) is 0 Å². The van der Waals surface area contributed by atoms with Gasteiger partial charge >= 0.3 is 0 Å². The molecule has 12 rings (SSSR count). The number of para-hydroxylation sites is 2. The lowest BCUT2D eigenvalue weighted by Gasteiger charge is -2.14. The predicted molar refractivity (Wildman–Crippen MR) is 268 cm³/mol. The van der Waals surface area contributed by atoms with Crippen LogP contribution in [0.4, 0.5) is 0 Å². The molecular weight excluding hydrogens is 805 g/mol. The minimum Gasteiger partial charge on any atom is -0.455 e. The fourth-order valence-electron chi connectivity index (χ4n) is 9.63. The first kappa shape index (κ1) is 38.5. The van der Waals surface area contributed by atoms with Crippen molar-refractivity contribution in [3.63, 3.8) is 0 Å². The van der Waals surface area contributed by atoms with Crippen molar-refractivity contribution >= 4 is 43.9 Å². The predicted octanol–water partition coefficient (Wildman–Crippen LogP) is 16.9. The van der Waals surface area contributed by atoms with Gasteiger partial charge in [0.05, 0.1) is 11.1 Å². The van der Waals surface area contributed by atoms with Crippen LogP contribution in [0, 0.1) is 22.7 Å².